The smallest absolute Gasteiger partial charge is 0.269 e. The van der Waals surface area contributed by atoms with E-state index >= 15 is 0 Å². The fraction of sp³-hybridized carbons (Fsp3) is 0.303. The van der Waals surface area contributed by atoms with E-state index in [1.807, 2.05) is 88.7 Å². The predicted molar refractivity (Wildman–Crippen MR) is 185 cm³/mol. The highest BCUT2D eigenvalue weighted by atomic mass is 32.2. The molecule has 0 saturated carbocycles. The van der Waals surface area contributed by atoms with Crippen molar-refractivity contribution in [2.45, 2.75) is 18.4 Å². The molecule has 0 unspecified atom stereocenters. The van der Waals surface area contributed by atoms with Crippen molar-refractivity contribution in [1.82, 2.24) is 9.80 Å². The molecule has 0 aliphatic carbocycles. The number of anilines is 3. The molecule has 2 N–H and O–H groups in total. The van der Waals surface area contributed by atoms with Gasteiger partial charge in [-0.25, -0.2) is 4.99 Å². The van der Waals surface area contributed by atoms with E-state index in [9.17, 15) is 9.59 Å². The fourth-order valence-electron chi connectivity index (χ4n) is 4.76. The van der Waals surface area contributed by atoms with E-state index in [1.54, 1.807) is 22.7 Å². The Hall–Kier alpha value is -3.97. The Morgan fingerprint density at radius 3 is 2.58 bits per heavy atom. The molecule has 3 aromatic rings. The number of hydrogen-bond donors (Lipinski definition) is 2. The highest BCUT2D eigenvalue weighted by molar-refractivity contribution is 8.19. The maximum atomic E-state index is 14.2. The summed E-state index contributed by atoms with van der Waals surface area (Å²) in [5, 5.41) is 7.60. The number of fused-ring (bicyclic) bond motifs is 1. The van der Waals surface area contributed by atoms with Gasteiger partial charge in [-0.05, 0) is 68.7 Å². The monoisotopic (exact) mass is 646 g/mol. The number of nitrogens with zero attached hydrogens (tertiary/aromatic N) is 4. The van der Waals surface area contributed by atoms with Crippen LogP contribution in [0.4, 0.5) is 22.7 Å². The number of ether oxygens (including phenoxy) is 2. The van der Waals surface area contributed by atoms with Gasteiger partial charge in [0.05, 0.1) is 28.6 Å². The van der Waals surface area contributed by atoms with E-state index in [0.29, 0.717) is 41.1 Å². The van der Waals surface area contributed by atoms with E-state index < -0.39 is 0 Å². The number of nitrogens with one attached hydrogen (secondary N) is 2. The standard InChI is InChI=1S/C33H38N6O4S2/c1-6-34-25-14-12-23(35-29(40)21-42-5)18-26(25)36-33-39(20-22-10-8-7-9-11-22)31(41)30(45-33)32-38(4)27-19-24(13-15-28(27)44-32)43-17-16-37(2)3/h7-15,18-19,34H,6,16-17,20-21H2,1-5H3,(H,35,40)/b32-30-,36-33?. The van der Waals surface area contributed by atoms with Crippen molar-refractivity contribution < 1.29 is 19.1 Å². The van der Waals surface area contributed by atoms with E-state index in [0.717, 1.165) is 39.2 Å². The summed E-state index contributed by atoms with van der Waals surface area (Å²) in [6, 6.07) is 21.4. The van der Waals surface area contributed by atoms with Crippen LogP contribution in [0, 0.1) is 0 Å². The Balaban J connectivity index is 1.50. The van der Waals surface area contributed by atoms with Crippen molar-refractivity contribution >= 4 is 63.3 Å². The van der Waals surface area contributed by atoms with Gasteiger partial charge >= 0.3 is 0 Å². The van der Waals surface area contributed by atoms with Gasteiger partial charge in [-0.2, -0.15) is 0 Å². The molecule has 2 heterocycles. The number of carbonyl (C=O) groups is 2. The van der Waals surface area contributed by atoms with E-state index in [2.05, 4.69) is 20.4 Å². The van der Waals surface area contributed by atoms with Crippen LogP contribution in [-0.4, -0.2) is 81.3 Å². The molecule has 1 fully saturated rings. The molecule has 236 valence electrons. The summed E-state index contributed by atoms with van der Waals surface area (Å²) in [7, 11) is 7.49. The number of carbonyl (C=O) groups excluding carboxylic acids is 2. The lowest BCUT2D eigenvalue weighted by molar-refractivity contribution is -0.122. The lowest BCUT2D eigenvalue weighted by Crippen LogP contribution is -2.29. The Kier molecular flexibility index (Phi) is 10.7. The van der Waals surface area contributed by atoms with Crippen molar-refractivity contribution in [3.8, 4) is 5.75 Å². The zero-order chi connectivity index (χ0) is 31.9. The predicted octanol–water partition coefficient (Wildman–Crippen LogP) is 5.82. The Labute approximate surface area is 272 Å². The number of benzene rings is 3. The number of aliphatic imine (C=N–C) groups is 1. The summed E-state index contributed by atoms with van der Waals surface area (Å²) in [6.07, 6.45) is 0. The first-order valence-electron chi connectivity index (χ1n) is 14.6. The molecule has 0 radical (unpaired) electrons. The van der Waals surface area contributed by atoms with Crippen LogP contribution in [0.5, 0.6) is 5.75 Å². The minimum absolute atomic E-state index is 0.0533. The van der Waals surface area contributed by atoms with Crippen molar-refractivity contribution in [1.29, 1.82) is 0 Å². The molecule has 0 spiro atoms. The molecule has 0 bridgehead atoms. The van der Waals surface area contributed by atoms with E-state index in [4.69, 9.17) is 14.5 Å². The molecule has 10 nitrogen and oxygen atoms in total. The quantitative estimate of drug-likeness (QED) is 0.236. The van der Waals surface area contributed by atoms with Crippen LogP contribution >= 0.6 is 23.5 Å². The minimum atomic E-state index is -0.262. The summed E-state index contributed by atoms with van der Waals surface area (Å²) in [4.78, 5) is 39.0. The topological polar surface area (TPSA) is 98.7 Å². The SMILES string of the molecule is CCNc1ccc(NC(=O)COC)cc1N=C1S/C(=C2\Sc3ccc(OCCN(C)C)cc3N2C)C(=O)N1Cc1ccccc1. The zero-order valence-corrected chi connectivity index (χ0v) is 27.8. The molecule has 1 saturated heterocycles. The third-order valence-corrected chi connectivity index (χ3v) is 9.42. The third-order valence-electron chi connectivity index (χ3n) is 6.99. The highest BCUT2D eigenvalue weighted by Crippen LogP contribution is 2.51. The first-order valence-corrected chi connectivity index (χ1v) is 16.3. The lowest BCUT2D eigenvalue weighted by atomic mass is 10.2. The molecule has 45 heavy (non-hydrogen) atoms. The second-order valence-electron chi connectivity index (χ2n) is 10.7. The summed E-state index contributed by atoms with van der Waals surface area (Å²) in [5.74, 6) is 0.422. The van der Waals surface area contributed by atoms with Crippen molar-refractivity contribution in [3.63, 3.8) is 0 Å². The molecule has 5 rings (SSSR count). The van der Waals surface area contributed by atoms with Crippen LogP contribution in [0.25, 0.3) is 0 Å². The summed E-state index contributed by atoms with van der Waals surface area (Å²) < 4.78 is 10.9. The van der Waals surface area contributed by atoms with Crippen LogP contribution in [0.3, 0.4) is 0 Å². The maximum Gasteiger partial charge on any atom is 0.269 e. The molecule has 0 aromatic heterocycles. The Morgan fingerprint density at radius 1 is 1.04 bits per heavy atom. The van der Waals surface area contributed by atoms with Crippen molar-refractivity contribution in [2.24, 2.45) is 4.99 Å². The number of likely N-dealkylation sites (N-methyl/N-ethyl adjacent to an activating group) is 1. The third kappa shape index (κ3) is 7.82. The van der Waals surface area contributed by atoms with E-state index in [1.165, 1.54) is 18.9 Å². The second-order valence-corrected chi connectivity index (χ2v) is 12.7. The lowest BCUT2D eigenvalue weighted by Gasteiger charge is -2.18. The summed E-state index contributed by atoms with van der Waals surface area (Å²) in [5.41, 5.74) is 3.98. The summed E-state index contributed by atoms with van der Waals surface area (Å²) >= 11 is 2.93. The van der Waals surface area contributed by atoms with Crippen LogP contribution < -0.4 is 20.3 Å². The molecular formula is C33H38N6O4S2. The van der Waals surface area contributed by atoms with E-state index in [-0.39, 0.29) is 18.4 Å². The zero-order valence-electron chi connectivity index (χ0n) is 26.1. The average Bonchev–Trinajstić information content (AvgIpc) is 3.50. The number of thioether (sulfide) groups is 2. The Morgan fingerprint density at radius 2 is 1.84 bits per heavy atom. The van der Waals surface area contributed by atoms with Crippen LogP contribution in [0.2, 0.25) is 0 Å². The number of hydrogen-bond acceptors (Lipinski definition) is 10. The molecule has 2 aliphatic heterocycles. The van der Waals surface area contributed by atoms with Gasteiger partial charge in [0.1, 0.15) is 23.9 Å². The molecule has 12 heteroatoms. The minimum Gasteiger partial charge on any atom is -0.492 e. The van der Waals surface area contributed by atoms with Gasteiger partial charge < -0.3 is 29.9 Å². The van der Waals surface area contributed by atoms with Gasteiger partial charge in [0.2, 0.25) is 5.91 Å². The van der Waals surface area contributed by atoms with Gasteiger partial charge in [0, 0.05) is 43.9 Å². The second kappa shape index (κ2) is 14.9. The van der Waals surface area contributed by atoms with Crippen LogP contribution in [0.1, 0.15) is 12.5 Å². The molecule has 0 atom stereocenters. The average molecular weight is 647 g/mol. The van der Waals surface area contributed by atoms with Crippen molar-refractivity contribution in [2.75, 3.05) is 70.1 Å². The van der Waals surface area contributed by atoms with Gasteiger partial charge in [-0.1, -0.05) is 42.1 Å². The first-order chi connectivity index (χ1) is 21.8. The number of methoxy groups -OCH3 is 1. The molecule has 2 aliphatic rings. The first kappa shape index (κ1) is 32.4. The van der Waals surface area contributed by atoms with Crippen LogP contribution in [-0.2, 0) is 20.9 Å². The highest BCUT2D eigenvalue weighted by Gasteiger charge is 2.39. The van der Waals surface area contributed by atoms with Crippen molar-refractivity contribution in [3.05, 3.63) is 82.2 Å². The number of amides is 2. The summed E-state index contributed by atoms with van der Waals surface area (Å²) in [6.45, 7) is 4.41. The van der Waals surface area contributed by atoms with Gasteiger partial charge in [0.25, 0.3) is 5.91 Å². The van der Waals surface area contributed by atoms with Crippen LogP contribution in [0.15, 0.2) is 86.6 Å². The molecule has 3 aromatic carbocycles. The normalized spacial score (nSPS) is 16.9. The number of amidine groups is 1. The maximum absolute atomic E-state index is 14.2. The fourth-order valence-corrected chi connectivity index (χ4v) is 7.07. The largest absolute Gasteiger partial charge is 0.492 e. The molecule has 2 amide bonds. The molecular weight excluding hydrogens is 609 g/mol. The van der Waals surface area contributed by atoms with Gasteiger partial charge in [-0.15, -0.1) is 0 Å². The van der Waals surface area contributed by atoms with Gasteiger partial charge in [-0.3, -0.25) is 14.5 Å². The number of rotatable bonds is 12. The Bertz CT molecular complexity index is 1610. The van der Waals surface area contributed by atoms with Gasteiger partial charge in [0.15, 0.2) is 5.17 Å².